The number of fused-ring (bicyclic) bond motifs is 1. The molecule has 140 valence electrons. The molecule has 8 nitrogen and oxygen atoms in total. The van der Waals surface area contributed by atoms with E-state index in [2.05, 4.69) is 0 Å². The van der Waals surface area contributed by atoms with Crippen LogP contribution in [0.4, 0.5) is 5.69 Å². The molecule has 0 spiro atoms. The van der Waals surface area contributed by atoms with Crippen LogP contribution in [0.5, 0.6) is 5.75 Å². The average Bonchev–Trinajstić information content (AvgIpc) is 3.02. The third-order valence-corrected chi connectivity index (χ3v) is 5.30. The van der Waals surface area contributed by atoms with Crippen LogP contribution in [-0.4, -0.2) is 45.5 Å². The zero-order chi connectivity index (χ0) is 18.7. The fourth-order valence-electron chi connectivity index (χ4n) is 4.15. The highest BCUT2D eigenvalue weighted by Crippen LogP contribution is 2.40. The van der Waals surface area contributed by atoms with E-state index in [0.29, 0.717) is 6.42 Å². The van der Waals surface area contributed by atoms with Gasteiger partial charge < -0.3 is 14.7 Å². The van der Waals surface area contributed by atoms with Crippen LogP contribution in [0.3, 0.4) is 0 Å². The Morgan fingerprint density at radius 3 is 2.73 bits per heavy atom. The Balaban J connectivity index is 1.63. The Bertz CT molecular complexity index is 707. The minimum absolute atomic E-state index is 0.000944. The van der Waals surface area contributed by atoms with Crippen molar-refractivity contribution >= 4 is 17.6 Å². The summed E-state index contributed by atoms with van der Waals surface area (Å²) in [6.45, 7) is -0.0239. The first kappa shape index (κ1) is 18.2. The fraction of sp³-hybridized carbons (Fsp3) is 0.556. The number of carbonyl (C=O) groups is 2. The minimum Gasteiger partial charge on any atom is -0.486 e. The average molecular weight is 362 g/mol. The molecule has 1 aromatic rings. The van der Waals surface area contributed by atoms with Gasteiger partial charge in [0.25, 0.3) is 0 Å². The number of hydrogen-bond donors (Lipinski definition) is 1. The Kier molecular flexibility index (Phi) is 5.39. The van der Waals surface area contributed by atoms with Crippen LogP contribution in [0.15, 0.2) is 24.3 Å². The topological polar surface area (TPSA) is 110 Å². The van der Waals surface area contributed by atoms with Gasteiger partial charge in [0.1, 0.15) is 6.04 Å². The third-order valence-electron chi connectivity index (χ3n) is 5.30. The number of carbonyl (C=O) groups excluding carboxylic acids is 1. The maximum absolute atomic E-state index is 12.7. The van der Waals surface area contributed by atoms with Crippen LogP contribution >= 0.6 is 0 Å². The molecule has 2 fully saturated rings. The molecule has 1 amide bonds. The second-order valence-electron chi connectivity index (χ2n) is 6.83. The molecule has 1 N–H and O–H groups in total. The zero-order valence-electron chi connectivity index (χ0n) is 14.4. The molecule has 2 aliphatic rings. The molecule has 3 rings (SSSR count). The Morgan fingerprint density at radius 1 is 1.27 bits per heavy atom. The fourth-order valence-corrected chi connectivity index (χ4v) is 4.15. The summed E-state index contributed by atoms with van der Waals surface area (Å²) in [4.78, 5) is 36.2. The molecule has 1 heterocycles. The van der Waals surface area contributed by atoms with Gasteiger partial charge in [0.15, 0.2) is 5.75 Å². The van der Waals surface area contributed by atoms with Crippen molar-refractivity contribution in [3.8, 4) is 5.75 Å². The molecule has 1 saturated heterocycles. The number of nitrogens with zero attached hydrogens (tertiary/aromatic N) is 2. The monoisotopic (exact) mass is 362 g/mol. The van der Waals surface area contributed by atoms with Crippen molar-refractivity contribution in [1.29, 1.82) is 0 Å². The third kappa shape index (κ3) is 3.63. The zero-order valence-corrected chi connectivity index (χ0v) is 14.4. The Morgan fingerprint density at radius 2 is 2.00 bits per heavy atom. The predicted molar refractivity (Wildman–Crippen MR) is 91.8 cm³/mol. The second-order valence-corrected chi connectivity index (χ2v) is 6.83. The lowest BCUT2D eigenvalue weighted by Gasteiger charge is -2.33. The van der Waals surface area contributed by atoms with Crippen molar-refractivity contribution < 1.29 is 24.4 Å². The molecular formula is C18H22N2O6. The van der Waals surface area contributed by atoms with Gasteiger partial charge in [-0.15, -0.1) is 0 Å². The largest absolute Gasteiger partial charge is 0.486 e. The lowest BCUT2D eigenvalue weighted by atomic mass is 9.84. The quantitative estimate of drug-likeness (QED) is 0.615. The van der Waals surface area contributed by atoms with Crippen LogP contribution in [0.2, 0.25) is 0 Å². The minimum atomic E-state index is -0.965. The van der Waals surface area contributed by atoms with E-state index >= 15 is 0 Å². The number of ether oxygens (including phenoxy) is 1. The first-order valence-corrected chi connectivity index (χ1v) is 8.89. The number of para-hydroxylation sites is 2. The Hall–Kier alpha value is -2.64. The van der Waals surface area contributed by atoms with E-state index in [1.54, 1.807) is 12.1 Å². The number of nitro benzene ring substituents is 1. The van der Waals surface area contributed by atoms with Crippen LogP contribution in [-0.2, 0) is 9.59 Å². The van der Waals surface area contributed by atoms with Gasteiger partial charge in [0.2, 0.25) is 5.91 Å². The first-order valence-electron chi connectivity index (χ1n) is 8.89. The van der Waals surface area contributed by atoms with E-state index in [1.165, 1.54) is 17.0 Å². The maximum Gasteiger partial charge on any atom is 0.326 e. The smallest absolute Gasteiger partial charge is 0.326 e. The molecule has 0 radical (unpaired) electrons. The van der Waals surface area contributed by atoms with Gasteiger partial charge in [-0.2, -0.15) is 0 Å². The predicted octanol–water partition coefficient (Wildman–Crippen LogP) is 2.61. The lowest BCUT2D eigenvalue weighted by Crippen LogP contribution is -2.46. The van der Waals surface area contributed by atoms with E-state index in [-0.39, 0.29) is 42.3 Å². The highest BCUT2D eigenvalue weighted by molar-refractivity contribution is 5.84. The standard InChI is InChI=1S/C18H22N2O6/c21-17(9-10-26-16-8-4-3-7-14(16)20(24)25)19-13-6-2-1-5-12(13)11-15(19)18(22)23/h3-4,7-8,12-13,15H,1-2,5-6,9-11H2,(H,22,23). The van der Waals surface area contributed by atoms with E-state index in [0.717, 1.165) is 25.7 Å². The van der Waals surface area contributed by atoms with Crippen molar-refractivity contribution in [2.24, 2.45) is 5.92 Å². The molecule has 0 bridgehead atoms. The number of carboxylic acids is 1. The van der Waals surface area contributed by atoms with E-state index < -0.39 is 16.9 Å². The normalized spacial score (nSPS) is 24.8. The number of amides is 1. The summed E-state index contributed by atoms with van der Waals surface area (Å²) < 4.78 is 5.42. The van der Waals surface area contributed by atoms with Crippen LogP contribution < -0.4 is 4.74 Å². The number of hydrogen-bond acceptors (Lipinski definition) is 5. The van der Waals surface area contributed by atoms with Gasteiger partial charge in [-0.1, -0.05) is 25.0 Å². The molecule has 1 saturated carbocycles. The molecule has 0 aromatic heterocycles. The highest BCUT2D eigenvalue weighted by atomic mass is 16.6. The summed E-state index contributed by atoms with van der Waals surface area (Å²) in [6.07, 6.45) is 4.40. The van der Waals surface area contributed by atoms with Crippen LogP contribution in [0, 0.1) is 16.0 Å². The van der Waals surface area contributed by atoms with Crippen molar-refractivity contribution in [3.05, 3.63) is 34.4 Å². The van der Waals surface area contributed by atoms with Gasteiger partial charge in [-0.3, -0.25) is 14.9 Å². The lowest BCUT2D eigenvalue weighted by molar-refractivity contribution is -0.385. The van der Waals surface area contributed by atoms with Gasteiger partial charge in [0, 0.05) is 12.1 Å². The highest BCUT2D eigenvalue weighted by Gasteiger charge is 2.47. The van der Waals surface area contributed by atoms with Crippen LogP contribution in [0.25, 0.3) is 0 Å². The van der Waals surface area contributed by atoms with Gasteiger partial charge in [-0.05, 0) is 31.2 Å². The number of likely N-dealkylation sites (tertiary alicyclic amines) is 1. The van der Waals surface area contributed by atoms with Crippen molar-refractivity contribution in [1.82, 2.24) is 4.90 Å². The molecule has 3 atom stereocenters. The molecule has 1 aliphatic carbocycles. The van der Waals surface area contributed by atoms with Gasteiger partial charge in [0.05, 0.1) is 18.0 Å². The summed E-state index contributed by atoms with van der Waals surface area (Å²) >= 11 is 0. The number of benzene rings is 1. The second kappa shape index (κ2) is 7.72. The summed E-state index contributed by atoms with van der Waals surface area (Å²) in [5.41, 5.74) is -0.156. The van der Waals surface area contributed by atoms with E-state index in [1.807, 2.05) is 0 Å². The molecule has 1 aromatic carbocycles. The summed E-state index contributed by atoms with van der Waals surface area (Å²) in [5, 5.41) is 20.5. The van der Waals surface area contributed by atoms with Gasteiger partial charge >= 0.3 is 11.7 Å². The molecular weight excluding hydrogens is 340 g/mol. The summed E-state index contributed by atoms with van der Waals surface area (Å²) in [6, 6.07) is 5.20. The van der Waals surface area contributed by atoms with E-state index in [4.69, 9.17) is 4.74 Å². The SMILES string of the molecule is O=C(O)C1CC2CCCCC2N1C(=O)CCOc1ccccc1[N+](=O)[O-]. The number of carboxylic acid groups (broad SMARTS) is 1. The maximum atomic E-state index is 12.7. The molecule has 1 aliphatic heterocycles. The Labute approximate surface area is 150 Å². The molecule has 3 unspecified atom stereocenters. The van der Waals surface area contributed by atoms with Crippen molar-refractivity contribution in [3.63, 3.8) is 0 Å². The number of rotatable bonds is 6. The van der Waals surface area contributed by atoms with E-state index in [9.17, 15) is 24.8 Å². The van der Waals surface area contributed by atoms with Crippen LogP contribution in [0.1, 0.15) is 38.5 Å². The van der Waals surface area contributed by atoms with Crippen molar-refractivity contribution in [2.45, 2.75) is 50.6 Å². The molecule has 8 heteroatoms. The molecule has 26 heavy (non-hydrogen) atoms. The summed E-state index contributed by atoms with van der Waals surface area (Å²) in [5.74, 6) is -0.861. The van der Waals surface area contributed by atoms with Crippen molar-refractivity contribution in [2.75, 3.05) is 6.61 Å². The number of aliphatic carboxylic acids is 1. The first-order chi connectivity index (χ1) is 12.5. The summed E-state index contributed by atoms with van der Waals surface area (Å²) in [7, 11) is 0. The number of nitro groups is 1. The van der Waals surface area contributed by atoms with Gasteiger partial charge in [-0.25, -0.2) is 4.79 Å².